The molecular weight excluding hydrogens is 322 g/mol. The molecule has 1 fully saturated rings. The topological polar surface area (TPSA) is 100 Å². The van der Waals surface area contributed by atoms with E-state index in [0.717, 1.165) is 51.4 Å². The Kier molecular flexibility index (Phi) is 4.46. The summed E-state index contributed by atoms with van der Waals surface area (Å²) in [6.45, 7) is 5.24. The number of aromatic amines is 1. The summed E-state index contributed by atoms with van der Waals surface area (Å²) in [4.78, 5) is 38.0. The molecule has 0 amide bonds. The van der Waals surface area contributed by atoms with Gasteiger partial charge in [0, 0.05) is 37.8 Å². The molecule has 2 aromatic heterocycles. The van der Waals surface area contributed by atoms with Gasteiger partial charge in [0.15, 0.2) is 11.4 Å². The lowest BCUT2D eigenvalue weighted by molar-refractivity contribution is 0.0378. The van der Waals surface area contributed by atoms with Crippen molar-refractivity contribution in [1.82, 2.24) is 19.9 Å². The van der Waals surface area contributed by atoms with E-state index < -0.39 is 0 Å². The lowest BCUT2D eigenvalue weighted by Gasteiger charge is -2.26. The number of ether oxygens (including phenoxy) is 1. The number of hydrogen-bond donors (Lipinski definition) is 2. The first-order valence-corrected chi connectivity index (χ1v) is 8.71. The van der Waals surface area contributed by atoms with Crippen LogP contribution in [0.3, 0.4) is 0 Å². The molecule has 25 heavy (non-hydrogen) atoms. The maximum atomic E-state index is 12.4. The van der Waals surface area contributed by atoms with Crippen molar-refractivity contribution in [3.05, 3.63) is 27.7 Å². The highest BCUT2D eigenvalue weighted by atomic mass is 16.5. The molecule has 0 spiro atoms. The van der Waals surface area contributed by atoms with Gasteiger partial charge >= 0.3 is 0 Å². The number of rotatable bonds is 5. The molecule has 2 aromatic rings. The minimum atomic E-state index is -0.236. The molecule has 8 heteroatoms. The third-order valence-corrected chi connectivity index (χ3v) is 4.79. The average molecular weight is 343 g/mol. The molecule has 0 unspecified atom stereocenters. The first kappa shape index (κ1) is 16.2. The second-order valence-electron chi connectivity index (χ2n) is 6.42. The molecule has 1 aliphatic carbocycles. The number of H-pyrrole nitrogens is 1. The number of hydrogen-bond acceptors (Lipinski definition) is 7. The van der Waals surface area contributed by atoms with Crippen molar-refractivity contribution in [2.45, 2.75) is 19.3 Å². The van der Waals surface area contributed by atoms with Crippen LogP contribution < -0.4 is 10.9 Å². The second-order valence-corrected chi connectivity index (χ2v) is 6.42. The van der Waals surface area contributed by atoms with E-state index in [1.165, 1.54) is 0 Å². The van der Waals surface area contributed by atoms with Crippen molar-refractivity contribution in [2.24, 2.45) is 0 Å². The highest BCUT2D eigenvalue weighted by molar-refractivity contribution is 6.04. The predicted molar refractivity (Wildman–Crippen MR) is 93.2 cm³/mol. The molecule has 3 heterocycles. The summed E-state index contributed by atoms with van der Waals surface area (Å²) < 4.78 is 5.33. The highest BCUT2D eigenvalue weighted by Gasteiger charge is 2.24. The summed E-state index contributed by atoms with van der Waals surface area (Å²) in [5.74, 6) is 0.477. The van der Waals surface area contributed by atoms with E-state index in [1.807, 2.05) is 0 Å². The van der Waals surface area contributed by atoms with Crippen molar-refractivity contribution >= 4 is 22.8 Å². The zero-order valence-corrected chi connectivity index (χ0v) is 14.0. The number of aryl methyl sites for hydroxylation is 1. The Balaban J connectivity index is 1.44. The molecule has 1 aliphatic heterocycles. The van der Waals surface area contributed by atoms with Gasteiger partial charge in [-0.05, 0) is 24.9 Å². The van der Waals surface area contributed by atoms with Gasteiger partial charge in [-0.1, -0.05) is 0 Å². The lowest BCUT2D eigenvalue weighted by Crippen LogP contribution is -2.37. The number of pyridine rings is 1. The lowest BCUT2D eigenvalue weighted by atomic mass is 10.1. The van der Waals surface area contributed by atoms with Gasteiger partial charge in [-0.2, -0.15) is 4.98 Å². The number of carbonyl (C=O) groups excluding carboxylic acids is 1. The van der Waals surface area contributed by atoms with Crippen LogP contribution in [0.15, 0.2) is 11.0 Å². The number of Topliss-reactive ketones (excluding diaryl/α,β-unsaturated/α-hetero) is 1. The number of nitrogens with zero attached hydrogens (tertiary/aromatic N) is 3. The minimum absolute atomic E-state index is 0.0501. The molecule has 2 aliphatic rings. The SMILES string of the molecule is O=C1CCc2c1cnc1nc(NCCCN3CCOCC3)[nH]c(=O)c21. The first-order chi connectivity index (χ1) is 12.2. The van der Waals surface area contributed by atoms with Crippen molar-refractivity contribution in [2.75, 3.05) is 44.7 Å². The van der Waals surface area contributed by atoms with E-state index in [4.69, 9.17) is 4.74 Å². The van der Waals surface area contributed by atoms with Crippen LogP contribution in [0.1, 0.15) is 28.8 Å². The molecule has 8 nitrogen and oxygen atoms in total. The number of anilines is 1. The van der Waals surface area contributed by atoms with Gasteiger partial charge in [0.2, 0.25) is 5.95 Å². The number of aromatic nitrogens is 3. The molecule has 0 aromatic carbocycles. The van der Waals surface area contributed by atoms with Crippen molar-refractivity contribution in [3.63, 3.8) is 0 Å². The van der Waals surface area contributed by atoms with Crippen LogP contribution >= 0.6 is 0 Å². The molecule has 0 atom stereocenters. The molecule has 2 N–H and O–H groups in total. The Hall–Kier alpha value is -2.32. The minimum Gasteiger partial charge on any atom is -0.379 e. The maximum Gasteiger partial charge on any atom is 0.262 e. The normalized spacial score (nSPS) is 17.8. The van der Waals surface area contributed by atoms with Crippen LogP contribution in [0, 0.1) is 0 Å². The molecule has 1 saturated heterocycles. The summed E-state index contributed by atoms with van der Waals surface area (Å²) >= 11 is 0. The molecule has 0 radical (unpaired) electrons. The fraction of sp³-hybridized carbons (Fsp3) is 0.529. The van der Waals surface area contributed by atoms with E-state index in [9.17, 15) is 9.59 Å². The third-order valence-electron chi connectivity index (χ3n) is 4.79. The largest absolute Gasteiger partial charge is 0.379 e. The predicted octanol–water partition coefficient (Wildman–Crippen LogP) is 0.581. The Morgan fingerprint density at radius 1 is 1.24 bits per heavy atom. The maximum absolute atomic E-state index is 12.4. The van der Waals surface area contributed by atoms with Gasteiger partial charge < -0.3 is 10.1 Å². The Morgan fingerprint density at radius 2 is 2.08 bits per heavy atom. The Bertz CT molecular complexity index is 857. The Labute approximate surface area is 144 Å². The van der Waals surface area contributed by atoms with Gasteiger partial charge in [0.05, 0.1) is 18.6 Å². The van der Waals surface area contributed by atoms with Crippen molar-refractivity contribution < 1.29 is 9.53 Å². The van der Waals surface area contributed by atoms with Gasteiger partial charge in [-0.15, -0.1) is 0 Å². The van der Waals surface area contributed by atoms with Crippen LogP contribution in [0.25, 0.3) is 11.0 Å². The number of fused-ring (bicyclic) bond motifs is 3. The van der Waals surface area contributed by atoms with Crippen LogP contribution in [0.5, 0.6) is 0 Å². The summed E-state index contributed by atoms with van der Waals surface area (Å²) in [6.07, 6.45) is 3.52. The van der Waals surface area contributed by atoms with Gasteiger partial charge in [0.1, 0.15) is 0 Å². The summed E-state index contributed by atoms with van der Waals surface area (Å²) in [5, 5.41) is 3.61. The number of ketones is 1. The summed E-state index contributed by atoms with van der Waals surface area (Å²) in [5.41, 5.74) is 1.50. The fourth-order valence-corrected chi connectivity index (χ4v) is 3.46. The number of morpholine rings is 1. The van der Waals surface area contributed by atoms with E-state index in [-0.39, 0.29) is 11.3 Å². The monoisotopic (exact) mass is 343 g/mol. The second kappa shape index (κ2) is 6.89. The van der Waals surface area contributed by atoms with E-state index in [0.29, 0.717) is 35.4 Å². The highest BCUT2D eigenvalue weighted by Crippen LogP contribution is 2.25. The van der Waals surface area contributed by atoms with E-state index >= 15 is 0 Å². The van der Waals surface area contributed by atoms with Gasteiger partial charge in [-0.25, -0.2) is 4.98 Å². The van der Waals surface area contributed by atoms with E-state index in [2.05, 4.69) is 25.2 Å². The van der Waals surface area contributed by atoms with Crippen LogP contribution in [-0.2, 0) is 11.2 Å². The smallest absolute Gasteiger partial charge is 0.262 e. The standard InChI is InChI=1S/C17H21N5O3/c23-13-3-2-11-12(13)10-19-15-14(11)16(24)21-17(20-15)18-4-1-5-22-6-8-25-9-7-22/h10H,1-9H2,(H2,18,19,20,21,24). The number of carbonyl (C=O) groups is 1. The number of nitrogens with one attached hydrogen (secondary N) is 2. The zero-order valence-electron chi connectivity index (χ0n) is 14.0. The molecule has 0 bridgehead atoms. The molecular formula is C17H21N5O3. The van der Waals surface area contributed by atoms with Crippen LogP contribution in [0.4, 0.5) is 5.95 Å². The van der Waals surface area contributed by atoms with Crippen LogP contribution in [0.2, 0.25) is 0 Å². The summed E-state index contributed by atoms with van der Waals surface area (Å²) in [7, 11) is 0. The third kappa shape index (κ3) is 3.27. The quantitative estimate of drug-likeness (QED) is 0.766. The van der Waals surface area contributed by atoms with Gasteiger partial charge in [0.25, 0.3) is 5.56 Å². The molecule has 4 rings (SSSR count). The summed E-state index contributed by atoms with van der Waals surface area (Å²) in [6, 6.07) is 0. The van der Waals surface area contributed by atoms with Crippen molar-refractivity contribution in [3.8, 4) is 0 Å². The van der Waals surface area contributed by atoms with Crippen LogP contribution in [-0.4, -0.2) is 65.0 Å². The average Bonchev–Trinajstić information content (AvgIpc) is 3.00. The molecule has 0 saturated carbocycles. The zero-order chi connectivity index (χ0) is 17.2. The first-order valence-electron chi connectivity index (χ1n) is 8.71. The van der Waals surface area contributed by atoms with Crippen molar-refractivity contribution in [1.29, 1.82) is 0 Å². The molecule has 132 valence electrons. The Morgan fingerprint density at radius 3 is 2.92 bits per heavy atom. The fourth-order valence-electron chi connectivity index (χ4n) is 3.46. The van der Waals surface area contributed by atoms with E-state index in [1.54, 1.807) is 6.20 Å². The van der Waals surface area contributed by atoms with Gasteiger partial charge in [-0.3, -0.25) is 19.5 Å².